The lowest BCUT2D eigenvalue weighted by Crippen LogP contribution is -1.86. The third-order valence-electron chi connectivity index (χ3n) is 1.16. The lowest BCUT2D eigenvalue weighted by molar-refractivity contribution is 1.32. The predicted octanol–water partition coefficient (Wildman–Crippen LogP) is 3.68. The van der Waals surface area contributed by atoms with Gasteiger partial charge in [-0.2, -0.15) is 4.37 Å². The lowest BCUT2D eigenvalue weighted by atomic mass is 10.4. The zero-order chi connectivity index (χ0) is 10.4. The SMILES string of the molecule is Clc1ccccc1.N=c1ssnc1Cl. The number of rotatable bonds is 0. The van der Waals surface area contributed by atoms with Gasteiger partial charge >= 0.3 is 0 Å². The molecule has 2 aromatic rings. The van der Waals surface area contributed by atoms with Crippen LogP contribution in [0.15, 0.2) is 30.3 Å². The van der Waals surface area contributed by atoms with Crippen molar-refractivity contribution in [3.63, 3.8) is 0 Å². The number of aromatic nitrogens is 1. The van der Waals surface area contributed by atoms with Crippen molar-refractivity contribution in [3.05, 3.63) is 45.2 Å². The molecule has 0 amide bonds. The van der Waals surface area contributed by atoms with Crippen molar-refractivity contribution in [3.8, 4) is 0 Å². The first kappa shape index (κ1) is 11.7. The zero-order valence-electron chi connectivity index (χ0n) is 6.91. The molecule has 0 saturated heterocycles. The van der Waals surface area contributed by atoms with Gasteiger partial charge in [0.15, 0.2) is 9.82 Å². The van der Waals surface area contributed by atoms with Crippen LogP contribution in [0.5, 0.6) is 0 Å². The second-order valence-electron chi connectivity index (χ2n) is 2.16. The third kappa shape index (κ3) is 4.19. The summed E-state index contributed by atoms with van der Waals surface area (Å²) in [4.78, 5) is 0. The topological polar surface area (TPSA) is 36.7 Å². The second-order valence-corrected chi connectivity index (χ2v) is 4.81. The zero-order valence-corrected chi connectivity index (χ0v) is 10.1. The molecule has 2 rings (SSSR count). The number of nitrogens with one attached hydrogen (secondary N) is 1. The van der Waals surface area contributed by atoms with Gasteiger partial charge in [0.2, 0.25) is 0 Å². The minimum Gasteiger partial charge on any atom is -0.287 e. The fraction of sp³-hybridized carbons (Fsp3) is 0. The Bertz CT molecular complexity index is 424. The number of halogens is 2. The monoisotopic (exact) mass is 264 g/mol. The highest BCUT2D eigenvalue weighted by molar-refractivity contribution is 7.66. The average molecular weight is 265 g/mol. The molecule has 1 aromatic carbocycles. The largest absolute Gasteiger partial charge is 0.287 e. The first-order valence-electron chi connectivity index (χ1n) is 3.57. The van der Waals surface area contributed by atoms with Crippen molar-refractivity contribution >= 4 is 44.1 Å². The molecule has 1 heterocycles. The summed E-state index contributed by atoms with van der Waals surface area (Å²) in [5.74, 6) is 0. The van der Waals surface area contributed by atoms with E-state index in [2.05, 4.69) is 4.37 Å². The Labute approximate surface area is 98.8 Å². The van der Waals surface area contributed by atoms with Gasteiger partial charge in [-0.05, 0) is 22.5 Å². The summed E-state index contributed by atoms with van der Waals surface area (Å²) < 4.78 is 4.01. The lowest BCUT2D eigenvalue weighted by Gasteiger charge is -1.80. The molecule has 1 aromatic heterocycles. The van der Waals surface area contributed by atoms with Crippen LogP contribution in [0.4, 0.5) is 0 Å². The Balaban J connectivity index is 0.000000140. The highest BCUT2D eigenvalue weighted by Crippen LogP contribution is 2.03. The molecule has 0 aliphatic heterocycles. The minimum absolute atomic E-state index is 0.315. The third-order valence-corrected chi connectivity index (χ3v) is 3.54. The van der Waals surface area contributed by atoms with E-state index in [1.165, 1.54) is 20.9 Å². The van der Waals surface area contributed by atoms with Crippen molar-refractivity contribution in [1.82, 2.24) is 4.37 Å². The fourth-order valence-electron chi connectivity index (χ4n) is 0.579. The van der Waals surface area contributed by atoms with Crippen LogP contribution in [0, 0.1) is 5.41 Å². The van der Waals surface area contributed by atoms with Gasteiger partial charge in [-0.3, -0.25) is 5.41 Å². The molecular formula is C8H6Cl2N2S2. The summed E-state index contributed by atoms with van der Waals surface area (Å²) in [6.45, 7) is 0. The van der Waals surface area contributed by atoms with E-state index >= 15 is 0 Å². The molecule has 0 bridgehead atoms. The number of benzene rings is 1. The minimum atomic E-state index is 0.315. The maximum Gasteiger partial charge on any atom is 0.178 e. The highest BCUT2D eigenvalue weighted by atomic mass is 35.5. The van der Waals surface area contributed by atoms with E-state index < -0.39 is 0 Å². The normalized spacial score (nSPS) is 9.00. The molecule has 6 heteroatoms. The van der Waals surface area contributed by atoms with Crippen molar-refractivity contribution in [2.24, 2.45) is 0 Å². The number of hydrogen-bond donors (Lipinski definition) is 1. The van der Waals surface area contributed by atoms with Gasteiger partial charge in [0, 0.05) is 15.6 Å². The predicted molar refractivity (Wildman–Crippen MR) is 62.3 cm³/mol. The number of hydrogen-bond acceptors (Lipinski definition) is 4. The summed E-state index contributed by atoms with van der Waals surface area (Å²) in [7, 11) is 2.51. The molecule has 0 aliphatic rings. The highest BCUT2D eigenvalue weighted by Gasteiger charge is 1.89. The van der Waals surface area contributed by atoms with Gasteiger partial charge in [-0.25, -0.2) is 0 Å². The van der Waals surface area contributed by atoms with E-state index in [1.807, 2.05) is 30.3 Å². The van der Waals surface area contributed by atoms with Gasteiger partial charge < -0.3 is 0 Å². The Hall–Kier alpha value is -0.420. The van der Waals surface area contributed by atoms with Crippen LogP contribution < -0.4 is 4.67 Å². The second kappa shape index (κ2) is 6.14. The van der Waals surface area contributed by atoms with E-state index in [1.54, 1.807) is 0 Å². The van der Waals surface area contributed by atoms with Crippen molar-refractivity contribution in [2.45, 2.75) is 0 Å². The Kier molecular flexibility index (Phi) is 5.11. The molecule has 0 spiro atoms. The van der Waals surface area contributed by atoms with E-state index in [0.717, 1.165) is 5.02 Å². The molecule has 2 nitrogen and oxygen atoms in total. The fourth-order valence-corrected chi connectivity index (χ4v) is 2.44. The first-order valence-corrected chi connectivity index (χ1v) is 6.43. The van der Waals surface area contributed by atoms with Crippen molar-refractivity contribution < 1.29 is 0 Å². The standard InChI is InChI=1S/C6H5Cl.C2HClN2S2/c7-6-4-2-1-3-5-6;3-1-2(4)6-7-5-1/h1-5H;4H. The van der Waals surface area contributed by atoms with E-state index in [-0.39, 0.29) is 0 Å². The maximum atomic E-state index is 6.93. The maximum absolute atomic E-state index is 6.93. The molecule has 0 fully saturated rings. The van der Waals surface area contributed by atoms with Gasteiger partial charge in [0.1, 0.15) is 0 Å². The Morgan fingerprint density at radius 3 is 2.00 bits per heavy atom. The van der Waals surface area contributed by atoms with Crippen LogP contribution in [0.1, 0.15) is 0 Å². The molecule has 0 aliphatic carbocycles. The van der Waals surface area contributed by atoms with Crippen LogP contribution in [0.3, 0.4) is 0 Å². The van der Waals surface area contributed by atoms with Gasteiger partial charge in [0.05, 0.1) is 0 Å². The summed E-state index contributed by atoms with van der Waals surface area (Å²) >= 11 is 10.9. The molecule has 0 unspecified atom stereocenters. The molecule has 0 atom stereocenters. The Morgan fingerprint density at radius 1 is 1.14 bits per heavy atom. The number of nitrogens with zero attached hydrogens (tertiary/aromatic N) is 1. The summed E-state index contributed by atoms with van der Waals surface area (Å²) in [6, 6.07) is 9.44. The van der Waals surface area contributed by atoms with E-state index in [4.69, 9.17) is 28.6 Å². The molecule has 0 radical (unpaired) electrons. The molecule has 1 N–H and O–H groups in total. The quantitative estimate of drug-likeness (QED) is 0.725. The van der Waals surface area contributed by atoms with Gasteiger partial charge in [-0.1, -0.05) is 41.4 Å². The van der Waals surface area contributed by atoms with Crippen LogP contribution in [0.2, 0.25) is 10.2 Å². The van der Waals surface area contributed by atoms with Gasteiger partial charge in [0.25, 0.3) is 0 Å². The van der Waals surface area contributed by atoms with Crippen LogP contribution >= 0.6 is 44.1 Å². The van der Waals surface area contributed by atoms with E-state index in [0.29, 0.717) is 9.82 Å². The molecule has 74 valence electrons. The van der Waals surface area contributed by atoms with Crippen LogP contribution in [-0.2, 0) is 0 Å². The van der Waals surface area contributed by atoms with Gasteiger partial charge in [-0.15, -0.1) is 0 Å². The summed E-state index contributed by atoms with van der Waals surface area (Å²) in [5, 5.41) is 8.04. The van der Waals surface area contributed by atoms with E-state index in [9.17, 15) is 0 Å². The summed E-state index contributed by atoms with van der Waals surface area (Å²) in [5.41, 5.74) is 0. The first-order chi connectivity index (χ1) is 6.70. The molecular weight excluding hydrogens is 259 g/mol. The summed E-state index contributed by atoms with van der Waals surface area (Å²) in [6.07, 6.45) is 0. The van der Waals surface area contributed by atoms with Crippen LogP contribution in [0.25, 0.3) is 0 Å². The van der Waals surface area contributed by atoms with Crippen LogP contribution in [-0.4, -0.2) is 4.37 Å². The molecule has 14 heavy (non-hydrogen) atoms. The van der Waals surface area contributed by atoms with Crippen molar-refractivity contribution in [1.29, 1.82) is 5.41 Å². The Morgan fingerprint density at radius 2 is 1.79 bits per heavy atom. The smallest absolute Gasteiger partial charge is 0.178 e. The van der Waals surface area contributed by atoms with Crippen molar-refractivity contribution in [2.75, 3.05) is 0 Å². The average Bonchev–Trinajstić information content (AvgIpc) is 2.53. The molecule has 0 saturated carbocycles.